The molecule has 2 aromatic heterocycles. The van der Waals surface area contributed by atoms with Crippen LogP contribution in [0.1, 0.15) is 0 Å². The van der Waals surface area contributed by atoms with Crippen LogP contribution in [0.15, 0.2) is 95.4 Å². The second-order valence-electron chi connectivity index (χ2n) is 7.24. The van der Waals surface area contributed by atoms with Crippen molar-refractivity contribution >= 4 is 44.4 Å². The minimum atomic E-state index is 0.671. The van der Waals surface area contributed by atoms with Crippen molar-refractivity contribution in [2.24, 2.45) is 0 Å². The van der Waals surface area contributed by atoms with Crippen molar-refractivity contribution in [2.45, 2.75) is 0 Å². The smallest absolute Gasteiger partial charge is 0.180 e. The molecule has 0 saturated heterocycles. The number of halogens is 1. The summed E-state index contributed by atoms with van der Waals surface area (Å²) in [6, 6.07) is 30.1. The van der Waals surface area contributed by atoms with E-state index in [9.17, 15) is 0 Å². The summed E-state index contributed by atoms with van der Waals surface area (Å²) in [6.45, 7) is 0. The number of hydrogen-bond donors (Lipinski definition) is 0. The van der Waals surface area contributed by atoms with Gasteiger partial charge in [-0.15, -0.1) is 0 Å². The molecule has 4 aromatic carbocycles. The van der Waals surface area contributed by atoms with Gasteiger partial charge in [-0.2, -0.15) is 0 Å². The van der Waals surface area contributed by atoms with Crippen molar-refractivity contribution in [1.29, 1.82) is 0 Å². The zero-order valence-corrected chi connectivity index (χ0v) is 16.6. The molecule has 0 radical (unpaired) electrons. The van der Waals surface area contributed by atoms with Crippen LogP contribution in [-0.4, -0.2) is 9.97 Å². The fourth-order valence-electron chi connectivity index (χ4n) is 3.87. The molecule has 0 saturated carbocycles. The van der Waals surface area contributed by atoms with Gasteiger partial charge in [-0.3, -0.25) is 0 Å². The lowest BCUT2D eigenvalue weighted by molar-refractivity contribution is 0.667. The topological polar surface area (TPSA) is 38.9 Å². The van der Waals surface area contributed by atoms with E-state index < -0.39 is 0 Å². The largest absolute Gasteiger partial charge is 0.452 e. The van der Waals surface area contributed by atoms with Gasteiger partial charge in [0, 0.05) is 21.5 Å². The molecule has 142 valence electrons. The third kappa shape index (κ3) is 2.75. The third-order valence-corrected chi connectivity index (χ3v) is 5.56. The SMILES string of the molecule is Clc1ccc2cc(-c3nc(-c4ccccc4)c4oc5ccccc5c4n3)ccc2c1. The Kier molecular flexibility index (Phi) is 3.83. The quantitative estimate of drug-likeness (QED) is 0.298. The van der Waals surface area contributed by atoms with Crippen LogP contribution in [0.2, 0.25) is 5.02 Å². The highest BCUT2D eigenvalue weighted by Crippen LogP contribution is 2.35. The normalized spacial score (nSPS) is 11.5. The number of nitrogens with zero attached hydrogens (tertiary/aromatic N) is 2. The molecule has 0 amide bonds. The minimum absolute atomic E-state index is 0.671. The second kappa shape index (κ2) is 6.68. The molecule has 0 aliphatic carbocycles. The maximum atomic E-state index is 6.17. The van der Waals surface area contributed by atoms with Crippen LogP contribution in [-0.2, 0) is 0 Å². The zero-order chi connectivity index (χ0) is 20.1. The van der Waals surface area contributed by atoms with Crippen LogP contribution >= 0.6 is 11.6 Å². The Morgan fingerprint density at radius 2 is 1.43 bits per heavy atom. The first-order valence-corrected chi connectivity index (χ1v) is 10.1. The number of furan rings is 1. The van der Waals surface area contributed by atoms with Gasteiger partial charge >= 0.3 is 0 Å². The Labute approximate surface area is 177 Å². The highest BCUT2D eigenvalue weighted by molar-refractivity contribution is 6.31. The fraction of sp³-hybridized carbons (Fsp3) is 0. The van der Waals surface area contributed by atoms with Gasteiger partial charge in [0.05, 0.1) is 0 Å². The summed E-state index contributed by atoms with van der Waals surface area (Å²) in [5.74, 6) is 0.671. The number of aromatic nitrogens is 2. The number of rotatable bonds is 2. The number of hydrogen-bond acceptors (Lipinski definition) is 3. The fourth-order valence-corrected chi connectivity index (χ4v) is 4.05. The lowest BCUT2D eigenvalue weighted by Gasteiger charge is -2.07. The van der Waals surface area contributed by atoms with Crippen molar-refractivity contribution in [2.75, 3.05) is 0 Å². The van der Waals surface area contributed by atoms with E-state index in [-0.39, 0.29) is 0 Å². The van der Waals surface area contributed by atoms with E-state index in [1.165, 1.54) is 0 Å². The molecule has 0 atom stereocenters. The molecule has 0 fully saturated rings. The first-order chi connectivity index (χ1) is 14.8. The molecule has 0 aliphatic rings. The highest BCUT2D eigenvalue weighted by Gasteiger charge is 2.17. The summed E-state index contributed by atoms with van der Waals surface area (Å²) in [4.78, 5) is 9.84. The summed E-state index contributed by atoms with van der Waals surface area (Å²) in [6.07, 6.45) is 0. The van der Waals surface area contributed by atoms with E-state index in [1.807, 2.05) is 78.9 Å². The van der Waals surface area contributed by atoms with E-state index in [0.29, 0.717) is 11.4 Å². The van der Waals surface area contributed by atoms with Crippen molar-refractivity contribution < 1.29 is 4.42 Å². The highest BCUT2D eigenvalue weighted by atomic mass is 35.5. The van der Waals surface area contributed by atoms with Gasteiger partial charge in [-0.1, -0.05) is 72.3 Å². The van der Waals surface area contributed by atoms with Crippen molar-refractivity contribution in [3.63, 3.8) is 0 Å². The van der Waals surface area contributed by atoms with Crippen molar-refractivity contribution in [1.82, 2.24) is 9.97 Å². The van der Waals surface area contributed by atoms with E-state index in [1.54, 1.807) is 0 Å². The van der Waals surface area contributed by atoms with Crippen LogP contribution in [0.3, 0.4) is 0 Å². The summed E-state index contributed by atoms with van der Waals surface area (Å²) < 4.78 is 6.17. The molecule has 6 aromatic rings. The minimum Gasteiger partial charge on any atom is -0.452 e. The molecule has 4 heteroatoms. The van der Waals surface area contributed by atoms with Gasteiger partial charge in [0.2, 0.25) is 0 Å². The third-order valence-electron chi connectivity index (χ3n) is 5.33. The molecule has 0 aliphatic heterocycles. The van der Waals surface area contributed by atoms with E-state index in [0.717, 1.165) is 49.1 Å². The van der Waals surface area contributed by atoms with E-state index in [4.69, 9.17) is 26.0 Å². The maximum absolute atomic E-state index is 6.17. The monoisotopic (exact) mass is 406 g/mol. The van der Waals surface area contributed by atoms with Crippen LogP contribution in [0.4, 0.5) is 0 Å². The van der Waals surface area contributed by atoms with Gasteiger partial charge in [0.15, 0.2) is 11.4 Å². The zero-order valence-electron chi connectivity index (χ0n) is 15.8. The van der Waals surface area contributed by atoms with Gasteiger partial charge in [0.1, 0.15) is 16.8 Å². The predicted molar refractivity (Wildman–Crippen MR) is 123 cm³/mol. The van der Waals surface area contributed by atoms with Crippen molar-refractivity contribution in [3.05, 3.63) is 96.0 Å². The lowest BCUT2D eigenvalue weighted by atomic mass is 10.1. The molecule has 0 spiro atoms. The molecule has 0 N–H and O–H groups in total. The first kappa shape index (κ1) is 17.2. The Morgan fingerprint density at radius 3 is 2.33 bits per heavy atom. The van der Waals surface area contributed by atoms with Crippen LogP contribution in [0.25, 0.3) is 55.5 Å². The molecule has 0 unspecified atom stereocenters. The summed E-state index contributed by atoms with van der Waals surface area (Å²) in [7, 11) is 0. The Hall–Kier alpha value is -3.69. The number of fused-ring (bicyclic) bond motifs is 4. The Morgan fingerprint density at radius 1 is 0.667 bits per heavy atom. The number of benzene rings is 4. The molecule has 3 nitrogen and oxygen atoms in total. The molecular weight excluding hydrogens is 392 g/mol. The molecule has 6 rings (SSSR count). The summed E-state index contributed by atoms with van der Waals surface area (Å²) in [5, 5.41) is 3.90. The van der Waals surface area contributed by atoms with Crippen molar-refractivity contribution in [3.8, 4) is 22.6 Å². The Bertz CT molecular complexity index is 1550. The summed E-state index contributed by atoms with van der Waals surface area (Å²) in [5.41, 5.74) is 5.09. The molecule has 30 heavy (non-hydrogen) atoms. The van der Waals surface area contributed by atoms with E-state index >= 15 is 0 Å². The van der Waals surface area contributed by atoms with Gasteiger partial charge in [-0.05, 0) is 41.1 Å². The average Bonchev–Trinajstić information content (AvgIpc) is 3.17. The average molecular weight is 407 g/mol. The second-order valence-corrected chi connectivity index (χ2v) is 7.68. The van der Waals surface area contributed by atoms with Gasteiger partial charge in [0.25, 0.3) is 0 Å². The van der Waals surface area contributed by atoms with Gasteiger partial charge in [-0.25, -0.2) is 9.97 Å². The molecular formula is C26H15ClN2O. The first-order valence-electron chi connectivity index (χ1n) is 9.71. The Balaban J connectivity index is 1.66. The summed E-state index contributed by atoms with van der Waals surface area (Å²) >= 11 is 6.14. The van der Waals surface area contributed by atoms with E-state index in [2.05, 4.69) is 12.1 Å². The van der Waals surface area contributed by atoms with Crippen LogP contribution in [0, 0.1) is 0 Å². The number of para-hydroxylation sites is 1. The standard InChI is InChI=1S/C26H15ClN2O/c27-20-13-12-17-14-19(11-10-18(17)15-20)26-28-23(16-6-2-1-3-7-16)25-24(29-26)21-8-4-5-9-22(21)30-25/h1-15H. The molecule has 0 bridgehead atoms. The molecule has 2 heterocycles. The predicted octanol–water partition coefficient (Wildman–Crippen LogP) is 7.52. The maximum Gasteiger partial charge on any atom is 0.180 e. The van der Waals surface area contributed by atoms with Crippen LogP contribution in [0.5, 0.6) is 0 Å². The lowest BCUT2D eigenvalue weighted by Crippen LogP contribution is -1.94. The van der Waals surface area contributed by atoms with Gasteiger partial charge < -0.3 is 4.42 Å². The van der Waals surface area contributed by atoms with Crippen LogP contribution < -0.4 is 0 Å².